The third-order valence-corrected chi connectivity index (χ3v) is 5.56. The van der Waals surface area contributed by atoms with Crippen LogP contribution in [0, 0.1) is 0 Å². The number of hydrogen-bond donors (Lipinski definition) is 2. The van der Waals surface area contributed by atoms with Crippen molar-refractivity contribution in [1.82, 2.24) is 15.0 Å². The molecule has 33 heavy (non-hydrogen) atoms. The van der Waals surface area contributed by atoms with Crippen molar-refractivity contribution in [3.63, 3.8) is 0 Å². The predicted octanol–water partition coefficient (Wildman–Crippen LogP) is 4.74. The maximum absolute atomic E-state index is 11.3. The number of amides is 1. The summed E-state index contributed by atoms with van der Waals surface area (Å²) in [5.74, 6) is 2.40. The fourth-order valence-electron chi connectivity index (χ4n) is 3.93. The van der Waals surface area contributed by atoms with Crippen LogP contribution in [0.1, 0.15) is 45.1 Å². The minimum Gasteiger partial charge on any atom is -0.490 e. The molecular weight excluding hydrogens is 416 g/mol. The van der Waals surface area contributed by atoms with Gasteiger partial charge in [0.15, 0.2) is 0 Å². The van der Waals surface area contributed by atoms with Crippen molar-refractivity contribution in [2.24, 2.45) is 0 Å². The lowest BCUT2D eigenvalue weighted by Gasteiger charge is -2.32. The molecule has 3 aromatic rings. The Hall–Kier alpha value is -3.68. The van der Waals surface area contributed by atoms with Gasteiger partial charge < -0.3 is 20.3 Å². The summed E-state index contributed by atoms with van der Waals surface area (Å²) in [4.78, 5) is 26.7. The summed E-state index contributed by atoms with van der Waals surface area (Å²) >= 11 is 0. The van der Waals surface area contributed by atoms with Crippen molar-refractivity contribution < 1.29 is 9.53 Å². The number of para-hydroxylation sites is 1. The van der Waals surface area contributed by atoms with Crippen LogP contribution in [0.4, 0.5) is 23.3 Å². The second-order valence-electron chi connectivity index (χ2n) is 8.49. The molecule has 2 N–H and O–H groups in total. The number of anilines is 4. The number of aromatic nitrogens is 3. The molecule has 8 nitrogen and oxygen atoms in total. The second-order valence-corrected chi connectivity index (χ2v) is 8.49. The number of hydrogen-bond acceptors (Lipinski definition) is 7. The van der Waals surface area contributed by atoms with Gasteiger partial charge in [-0.25, -0.2) is 9.97 Å². The quantitative estimate of drug-likeness (QED) is 0.541. The lowest BCUT2D eigenvalue weighted by Crippen LogP contribution is -2.39. The number of nitrogens with one attached hydrogen (secondary N) is 2. The van der Waals surface area contributed by atoms with E-state index in [0.717, 1.165) is 37.4 Å². The molecule has 1 aromatic heterocycles. The normalized spacial score (nSPS) is 14.2. The van der Waals surface area contributed by atoms with Gasteiger partial charge in [0.25, 0.3) is 0 Å². The van der Waals surface area contributed by atoms with Gasteiger partial charge in [0, 0.05) is 44.2 Å². The van der Waals surface area contributed by atoms with Crippen LogP contribution < -0.4 is 20.3 Å². The highest BCUT2D eigenvalue weighted by atomic mass is 16.5. The Morgan fingerprint density at radius 2 is 1.82 bits per heavy atom. The maximum atomic E-state index is 11.3. The smallest absolute Gasteiger partial charge is 0.231 e. The van der Waals surface area contributed by atoms with Crippen LogP contribution in [0.3, 0.4) is 0 Å². The van der Waals surface area contributed by atoms with Gasteiger partial charge in [-0.2, -0.15) is 4.98 Å². The van der Waals surface area contributed by atoms with E-state index in [1.54, 1.807) is 0 Å². The predicted molar refractivity (Wildman–Crippen MR) is 130 cm³/mol. The van der Waals surface area contributed by atoms with Gasteiger partial charge in [0.1, 0.15) is 18.2 Å². The maximum Gasteiger partial charge on any atom is 0.231 e. The Labute approximate surface area is 194 Å². The molecule has 8 heteroatoms. The topological polar surface area (TPSA) is 92.3 Å². The molecule has 0 aliphatic carbocycles. The van der Waals surface area contributed by atoms with Gasteiger partial charge in [-0.05, 0) is 35.7 Å². The van der Waals surface area contributed by atoms with Gasteiger partial charge >= 0.3 is 0 Å². The van der Waals surface area contributed by atoms with Gasteiger partial charge in [-0.3, -0.25) is 4.79 Å². The number of carbonyl (C=O) groups excluding carboxylic acids is 1. The third-order valence-electron chi connectivity index (χ3n) is 5.56. The summed E-state index contributed by atoms with van der Waals surface area (Å²) in [6, 6.07) is 15.7. The van der Waals surface area contributed by atoms with Crippen molar-refractivity contribution >= 4 is 29.2 Å². The molecule has 1 fully saturated rings. The molecule has 1 aliphatic heterocycles. The zero-order valence-electron chi connectivity index (χ0n) is 19.3. The molecular formula is C25H30N6O2. The Morgan fingerprint density at radius 3 is 2.58 bits per heavy atom. The van der Waals surface area contributed by atoms with Gasteiger partial charge in [0.2, 0.25) is 17.8 Å². The highest BCUT2D eigenvalue weighted by Crippen LogP contribution is 2.29. The molecule has 0 spiro atoms. The Morgan fingerprint density at radius 1 is 1.06 bits per heavy atom. The molecule has 1 saturated heterocycles. The fraction of sp³-hybridized carbons (Fsp3) is 0.360. The van der Waals surface area contributed by atoms with E-state index in [-0.39, 0.29) is 12.0 Å². The zero-order chi connectivity index (χ0) is 23.2. The minimum atomic E-state index is -0.116. The van der Waals surface area contributed by atoms with Crippen LogP contribution in [0.25, 0.3) is 0 Å². The van der Waals surface area contributed by atoms with E-state index in [9.17, 15) is 4.79 Å². The van der Waals surface area contributed by atoms with Crippen molar-refractivity contribution in [2.45, 2.75) is 45.6 Å². The minimum absolute atomic E-state index is 0.116. The largest absolute Gasteiger partial charge is 0.490 e. The monoisotopic (exact) mass is 446 g/mol. The number of nitrogens with zero attached hydrogens (tertiary/aromatic N) is 4. The Balaban J connectivity index is 1.37. The van der Waals surface area contributed by atoms with Gasteiger partial charge in [-0.15, -0.1) is 0 Å². The lowest BCUT2D eigenvalue weighted by atomic mass is 10.0. The number of carbonyl (C=O) groups is 1. The molecule has 1 amide bonds. The van der Waals surface area contributed by atoms with Crippen molar-refractivity contribution in [2.75, 3.05) is 28.6 Å². The van der Waals surface area contributed by atoms with E-state index in [4.69, 9.17) is 4.74 Å². The number of piperidine rings is 1. The van der Waals surface area contributed by atoms with E-state index in [0.29, 0.717) is 23.5 Å². The highest BCUT2D eigenvalue weighted by Gasteiger charge is 2.23. The van der Waals surface area contributed by atoms with Crippen molar-refractivity contribution in [3.8, 4) is 5.75 Å². The molecule has 4 rings (SSSR count). The first-order valence-corrected chi connectivity index (χ1v) is 11.3. The summed E-state index contributed by atoms with van der Waals surface area (Å²) in [7, 11) is 0. The first kappa shape index (κ1) is 22.5. The molecule has 2 aromatic carbocycles. The summed E-state index contributed by atoms with van der Waals surface area (Å²) < 4.78 is 6.35. The van der Waals surface area contributed by atoms with Crippen molar-refractivity contribution in [3.05, 3.63) is 60.4 Å². The molecule has 172 valence electrons. The van der Waals surface area contributed by atoms with E-state index < -0.39 is 0 Å². The summed E-state index contributed by atoms with van der Waals surface area (Å²) in [6.07, 6.45) is 3.50. The first-order chi connectivity index (χ1) is 16.0. The van der Waals surface area contributed by atoms with Crippen LogP contribution in [0.2, 0.25) is 0 Å². The van der Waals surface area contributed by atoms with E-state index in [1.807, 2.05) is 30.3 Å². The fourth-order valence-corrected chi connectivity index (χ4v) is 3.93. The molecule has 0 bridgehead atoms. The Bertz CT molecular complexity index is 1100. The van der Waals surface area contributed by atoms with Crippen LogP contribution in [-0.2, 0) is 4.79 Å². The molecule has 1 aliphatic rings. The average molecular weight is 447 g/mol. The van der Waals surface area contributed by atoms with Crippen LogP contribution >= 0.6 is 0 Å². The highest BCUT2D eigenvalue weighted by molar-refractivity contribution is 5.89. The molecule has 0 radical (unpaired) electrons. The summed E-state index contributed by atoms with van der Waals surface area (Å²) in [6.45, 7) is 7.49. The molecule has 0 saturated carbocycles. The molecule has 0 unspecified atom stereocenters. The van der Waals surface area contributed by atoms with E-state index in [1.165, 1.54) is 18.8 Å². The third kappa shape index (κ3) is 5.97. The average Bonchev–Trinajstić information content (AvgIpc) is 2.80. The van der Waals surface area contributed by atoms with Gasteiger partial charge in [-0.1, -0.05) is 38.1 Å². The van der Waals surface area contributed by atoms with Crippen molar-refractivity contribution in [1.29, 1.82) is 0 Å². The summed E-state index contributed by atoms with van der Waals surface area (Å²) in [5, 5.41) is 5.96. The number of benzene rings is 2. The first-order valence-electron chi connectivity index (χ1n) is 11.3. The van der Waals surface area contributed by atoms with Gasteiger partial charge in [0.05, 0.1) is 0 Å². The standard InChI is InChI=1S/C25H30N6O2/c1-17(2)22-9-4-5-10-23(22)33-21-11-13-31(14-12-21)25-27-16-26-24(30-25)29-20-8-6-7-19(15-20)28-18(3)32/h4-10,15-17,21H,11-14H2,1-3H3,(H,28,32)(H,26,27,29,30). The Kier molecular flexibility index (Phi) is 7.02. The second kappa shape index (κ2) is 10.3. The SMILES string of the molecule is CC(=O)Nc1cccc(Nc2ncnc(N3CCC(Oc4ccccc4C(C)C)CC3)n2)c1. The van der Waals surface area contributed by atoms with E-state index >= 15 is 0 Å². The summed E-state index contributed by atoms with van der Waals surface area (Å²) in [5.41, 5.74) is 2.74. The zero-order valence-corrected chi connectivity index (χ0v) is 19.3. The number of ether oxygens (including phenoxy) is 1. The molecule has 2 heterocycles. The molecule has 0 atom stereocenters. The lowest BCUT2D eigenvalue weighted by molar-refractivity contribution is -0.114. The van der Waals surface area contributed by atoms with Crippen LogP contribution in [0.15, 0.2) is 54.9 Å². The van der Waals surface area contributed by atoms with Crippen LogP contribution in [0.5, 0.6) is 5.75 Å². The van der Waals surface area contributed by atoms with E-state index in [2.05, 4.69) is 62.5 Å². The number of rotatable bonds is 7. The van der Waals surface area contributed by atoms with Crippen LogP contribution in [-0.4, -0.2) is 40.1 Å².